The van der Waals surface area contributed by atoms with E-state index in [-0.39, 0.29) is 0 Å². The lowest BCUT2D eigenvalue weighted by Gasteiger charge is -2.04. The zero-order valence-corrected chi connectivity index (χ0v) is 9.64. The standard InChI is InChI=1S/C7H7BrINO/c1-11-4-2-5(9)7(8)6(10)3-4/h2-3H,10H2,1H3. The Balaban J connectivity index is 3.21. The van der Waals surface area contributed by atoms with Crippen molar-refractivity contribution in [1.82, 2.24) is 0 Å². The maximum absolute atomic E-state index is 5.67. The number of methoxy groups -OCH3 is 1. The van der Waals surface area contributed by atoms with E-state index in [0.29, 0.717) is 5.69 Å². The van der Waals surface area contributed by atoms with E-state index in [1.807, 2.05) is 6.07 Å². The number of halogens is 2. The van der Waals surface area contributed by atoms with Crippen molar-refractivity contribution in [2.24, 2.45) is 0 Å². The summed E-state index contributed by atoms with van der Waals surface area (Å²) in [6.45, 7) is 0. The summed E-state index contributed by atoms with van der Waals surface area (Å²) >= 11 is 5.55. The average molecular weight is 328 g/mol. The van der Waals surface area contributed by atoms with Crippen LogP contribution in [0.1, 0.15) is 0 Å². The molecular weight excluding hydrogens is 321 g/mol. The molecule has 0 heterocycles. The second-order valence-corrected chi connectivity index (χ2v) is 3.97. The van der Waals surface area contributed by atoms with Gasteiger partial charge in [-0.2, -0.15) is 0 Å². The van der Waals surface area contributed by atoms with Gasteiger partial charge >= 0.3 is 0 Å². The molecule has 0 saturated heterocycles. The Bertz CT molecular complexity index is 254. The summed E-state index contributed by atoms with van der Waals surface area (Å²) in [7, 11) is 1.62. The summed E-state index contributed by atoms with van der Waals surface area (Å²) in [5.41, 5.74) is 6.37. The molecule has 1 aromatic rings. The highest BCUT2D eigenvalue weighted by molar-refractivity contribution is 14.1. The SMILES string of the molecule is COc1cc(N)c(Br)c(I)c1. The highest BCUT2D eigenvalue weighted by atomic mass is 127. The summed E-state index contributed by atoms with van der Waals surface area (Å²) in [6.07, 6.45) is 0. The quantitative estimate of drug-likeness (QED) is 0.635. The molecule has 1 aromatic carbocycles. The Morgan fingerprint density at radius 3 is 2.64 bits per heavy atom. The van der Waals surface area contributed by atoms with Crippen LogP contribution in [0.4, 0.5) is 5.69 Å². The average Bonchev–Trinajstić information content (AvgIpc) is 1.99. The summed E-state index contributed by atoms with van der Waals surface area (Å²) in [5, 5.41) is 0. The van der Waals surface area contributed by atoms with E-state index >= 15 is 0 Å². The highest BCUT2D eigenvalue weighted by Gasteiger charge is 2.02. The van der Waals surface area contributed by atoms with Crippen LogP contribution in [0.3, 0.4) is 0 Å². The molecule has 11 heavy (non-hydrogen) atoms. The zero-order chi connectivity index (χ0) is 8.43. The third-order valence-corrected chi connectivity index (χ3v) is 3.74. The third kappa shape index (κ3) is 1.99. The lowest BCUT2D eigenvalue weighted by molar-refractivity contribution is 0.414. The minimum atomic E-state index is 0.703. The van der Waals surface area contributed by atoms with Crippen LogP contribution in [0.25, 0.3) is 0 Å². The molecule has 0 atom stereocenters. The van der Waals surface area contributed by atoms with E-state index in [2.05, 4.69) is 38.5 Å². The summed E-state index contributed by atoms with van der Waals surface area (Å²) in [6, 6.07) is 3.70. The Hall–Kier alpha value is 0.0300. The van der Waals surface area contributed by atoms with Crippen LogP contribution in [0, 0.1) is 3.57 Å². The van der Waals surface area contributed by atoms with Gasteiger partial charge in [-0.05, 0) is 44.6 Å². The minimum absolute atomic E-state index is 0.703. The van der Waals surface area contributed by atoms with Gasteiger partial charge in [0.15, 0.2) is 0 Å². The fourth-order valence-electron chi connectivity index (χ4n) is 0.702. The van der Waals surface area contributed by atoms with Gasteiger partial charge in [0.1, 0.15) is 5.75 Å². The van der Waals surface area contributed by atoms with Gasteiger partial charge in [0.2, 0.25) is 0 Å². The molecule has 0 radical (unpaired) electrons. The first kappa shape index (κ1) is 9.12. The summed E-state index contributed by atoms with van der Waals surface area (Å²) in [4.78, 5) is 0. The molecule has 0 amide bonds. The van der Waals surface area contributed by atoms with E-state index in [4.69, 9.17) is 10.5 Å². The second-order valence-electron chi connectivity index (χ2n) is 2.01. The van der Waals surface area contributed by atoms with Crippen molar-refractivity contribution >= 4 is 44.2 Å². The fraction of sp³-hybridized carbons (Fsp3) is 0.143. The molecule has 0 aliphatic rings. The molecule has 60 valence electrons. The van der Waals surface area contributed by atoms with E-state index in [0.717, 1.165) is 13.8 Å². The number of nitrogens with two attached hydrogens (primary N) is 1. The predicted molar refractivity (Wildman–Crippen MR) is 57.8 cm³/mol. The van der Waals surface area contributed by atoms with E-state index < -0.39 is 0 Å². The first-order chi connectivity index (χ1) is 5.15. The fourth-order valence-corrected chi connectivity index (χ4v) is 1.55. The number of nitrogen functional groups attached to an aromatic ring is 1. The van der Waals surface area contributed by atoms with Crippen LogP contribution in [-0.2, 0) is 0 Å². The van der Waals surface area contributed by atoms with E-state index in [1.54, 1.807) is 13.2 Å². The lowest BCUT2D eigenvalue weighted by Crippen LogP contribution is -1.91. The predicted octanol–water partition coefficient (Wildman–Crippen LogP) is 2.64. The highest BCUT2D eigenvalue weighted by Crippen LogP contribution is 2.30. The number of benzene rings is 1. The molecule has 2 N–H and O–H groups in total. The van der Waals surface area contributed by atoms with Gasteiger partial charge in [-0.15, -0.1) is 0 Å². The van der Waals surface area contributed by atoms with Crippen LogP contribution in [-0.4, -0.2) is 7.11 Å². The molecular formula is C7H7BrINO. The Morgan fingerprint density at radius 2 is 2.18 bits per heavy atom. The first-order valence-electron chi connectivity index (χ1n) is 2.93. The normalized spacial score (nSPS) is 9.73. The topological polar surface area (TPSA) is 35.2 Å². The minimum Gasteiger partial charge on any atom is -0.497 e. The number of rotatable bonds is 1. The molecule has 0 aliphatic heterocycles. The largest absolute Gasteiger partial charge is 0.497 e. The summed E-state index contributed by atoms with van der Waals surface area (Å²) in [5.74, 6) is 0.787. The zero-order valence-electron chi connectivity index (χ0n) is 5.90. The van der Waals surface area contributed by atoms with Gasteiger partial charge < -0.3 is 10.5 Å². The third-order valence-electron chi connectivity index (χ3n) is 1.27. The molecule has 0 spiro atoms. The van der Waals surface area contributed by atoms with Gasteiger partial charge in [0.25, 0.3) is 0 Å². The van der Waals surface area contributed by atoms with E-state index in [9.17, 15) is 0 Å². The number of hydrogen-bond acceptors (Lipinski definition) is 2. The first-order valence-corrected chi connectivity index (χ1v) is 4.81. The van der Waals surface area contributed by atoms with Gasteiger partial charge in [-0.25, -0.2) is 0 Å². The van der Waals surface area contributed by atoms with Gasteiger partial charge in [-0.3, -0.25) is 0 Å². The molecule has 0 fully saturated rings. The Labute approximate surface area is 87.4 Å². The van der Waals surface area contributed by atoms with Crippen LogP contribution in [0.15, 0.2) is 16.6 Å². The van der Waals surface area contributed by atoms with Gasteiger partial charge in [0, 0.05) is 9.64 Å². The van der Waals surface area contributed by atoms with Gasteiger partial charge in [-0.1, -0.05) is 0 Å². The number of ether oxygens (including phenoxy) is 1. The Morgan fingerprint density at radius 1 is 1.55 bits per heavy atom. The van der Waals surface area contributed by atoms with Crippen molar-refractivity contribution in [3.8, 4) is 5.75 Å². The van der Waals surface area contributed by atoms with Crippen molar-refractivity contribution in [3.63, 3.8) is 0 Å². The molecule has 0 aliphatic carbocycles. The maximum atomic E-state index is 5.67. The molecule has 0 saturated carbocycles. The van der Waals surface area contributed by atoms with Crippen LogP contribution >= 0.6 is 38.5 Å². The van der Waals surface area contributed by atoms with Crippen LogP contribution in [0.5, 0.6) is 5.75 Å². The Kier molecular flexibility index (Phi) is 3.00. The van der Waals surface area contributed by atoms with Crippen molar-refractivity contribution in [2.75, 3.05) is 12.8 Å². The number of anilines is 1. The molecule has 4 heteroatoms. The molecule has 1 rings (SSSR count). The van der Waals surface area contributed by atoms with Crippen molar-refractivity contribution in [2.45, 2.75) is 0 Å². The van der Waals surface area contributed by atoms with Crippen LogP contribution < -0.4 is 10.5 Å². The van der Waals surface area contributed by atoms with Crippen molar-refractivity contribution in [3.05, 3.63) is 20.2 Å². The van der Waals surface area contributed by atoms with Crippen molar-refractivity contribution in [1.29, 1.82) is 0 Å². The molecule has 2 nitrogen and oxygen atoms in total. The monoisotopic (exact) mass is 327 g/mol. The lowest BCUT2D eigenvalue weighted by atomic mass is 10.3. The van der Waals surface area contributed by atoms with Crippen LogP contribution in [0.2, 0.25) is 0 Å². The molecule has 0 bridgehead atoms. The molecule has 0 unspecified atom stereocenters. The van der Waals surface area contributed by atoms with E-state index in [1.165, 1.54) is 0 Å². The second kappa shape index (κ2) is 3.62. The smallest absolute Gasteiger partial charge is 0.122 e. The number of hydrogen-bond donors (Lipinski definition) is 1. The molecule has 0 aromatic heterocycles. The van der Waals surface area contributed by atoms with Gasteiger partial charge in [0.05, 0.1) is 17.3 Å². The summed E-state index contributed by atoms with van der Waals surface area (Å²) < 4.78 is 7.01. The van der Waals surface area contributed by atoms with Crippen molar-refractivity contribution < 1.29 is 4.74 Å². The maximum Gasteiger partial charge on any atom is 0.122 e.